The average Bonchev–Trinajstić information content (AvgIpc) is 2.40. The van der Waals surface area contributed by atoms with Crippen LogP contribution in [0.4, 0.5) is 23.2 Å². The molecule has 0 saturated carbocycles. The zero-order valence-corrected chi connectivity index (χ0v) is 12.0. The summed E-state index contributed by atoms with van der Waals surface area (Å²) in [5, 5.41) is 10.2. The zero-order valence-electron chi connectivity index (χ0n) is 10.5. The summed E-state index contributed by atoms with van der Waals surface area (Å²) in [7, 11) is 0. The smallest absolute Gasteiger partial charge is 0.398 e. The van der Waals surface area contributed by atoms with Gasteiger partial charge in [0.05, 0.1) is 5.56 Å². The Morgan fingerprint density at radius 2 is 1.76 bits per heavy atom. The fourth-order valence-electron chi connectivity index (χ4n) is 1.89. The van der Waals surface area contributed by atoms with Gasteiger partial charge >= 0.3 is 6.18 Å². The van der Waals surface area contributed by atoms with Crippen LogP contribution in [0, 0.1) is 5.82 Å². The number of hydrogen-bond donors (Lipinski definition) is 2. The number of aliphatic hydroxyl groups is 1. The van der Waals surface area contributed by atoms with Gasteiger partial charge in [0.2, 0.25) is 0 Å². The number of nitrogen functional groups attached to an aromatic ring is 1. The van der Waals surface area contributed by atoms with Crippen LogP contribution in [0.3, 0.4) is 0 Å². The third-order valence-electron chi connectivity index (χ3n) is 2.95. The summed E-state index contributed by atoms with van der Waals surface area (Å²) >= 11 is 3.19. The van der Waals surface area contributed by atoms with Crippen molar-refractivity contribution in [3.05, 3.63) is 63.4 Å². The van der Waals surface area contributed by atoms with E-state index >= 15 is 0 Å². The molecule has 112 valence electrons. The van der Waals surface area contributed by atoms with E-state index < -0.39 is 23.7 Å². The van der Waals surface area contributed by atoms with Crippen LogP contribution in [0.15, 0.2) is 40.9 Å². The number of halogens is 5. The second kappa shape index (κ2) is 5.65. The summed E-state index contributed by atoms with van der Waals surface area (Å²) in [4.78, 5) is 0. The van der Waals surface area contributed by atoms with Gasteiger partial charge in [0.1, 0.15) is 11.9 Å². The Hall–Kier alpha value is -1.60. The lowest BCUT2D eigenvalue weighted by Crippen LogP contribution is -2.11. The molecule has 0 aromatic heterocycles. The molecule has 1 atom stereocenters. The van der Waals surface area contributed by atoms with Gasteiger partial charge in [0, 0.05) is 15.7 Å². The topological polar surface area (TPSA) is 46.2 Å². The minimum absolute atomic E-state index is 0.0893. The monoisotopic (exact) mass is 363 g/mol. The number of rotatable bonds is 2. The maximum absolute atomic E-state index is 13.2. The second-order valence-electron chi connectivity index (χ2n) is 4.41. The third kappa shape index (κ3) is 3.36. The van der Waals surface area contributed by atoms with Gasteiger partial charge in [-0.2, -0.15) is 13.2 Å². The van der Waals surface area contributed by atoms with Crippen LogP contribution in [0.2, 0.25) is 0 Å². The molecule has 1 unspecified atom stereocenters. The number of alkyl halides is 3. The quantitative estimate of drug-likeness (QED) is 0.618. The van der Waals surface area contributed by atoms with Gasteiger partial charge in [-0.1, -0.05) is 22.0 Å². The first-order valence-electron chi connectivity index (χ1n) is 5.80. The minimum atomic E-state index is -4.83. The highest BCUT2D eigenvalue weighted by molar-refractivity contribution is 9.10. The molecular weight excluding hydrogens is 354 g/mol. The first kappa shape index (κ1) is 15.8. The lowest BCUT2D eigenvalue weighted by molar-refractivity contribution is -0.140. The predicted molar refractivity (Wildman–Crippen MR) is 74.0 cm³/mol. The van der Waals surface area contributed by atoms with Crippen molar-refractivity contribution in [2.24, 2.45) is 0 Å². The van der Waals surface area contributed by atoms with E-state index in [0.717, 1.165) is 6.07 Å². The van der Waals surface area contributed by atoms with E-state index in [0.29, 0.717) is 16.6 Å². The maximum atomic E-state index is 13.2. The fourth-order valence-corrected chi connectivity index (χ4v) is 2.27. The molecule has 0 saturated heterocycles. The molecule has 0 aliphatic carbocycles. The molecule has 0 fully saturated rings. The zero-order chi connectivity index (χ0) is 15.8. The molecule has 0 heterocycles. The molecule has 0 aliphatic rings. The van der Waals surface area contributed by atoms with Crippen molar-refractivity contribution in [2.45, 2.75) is 12.3 Å². The Morgan fingerprint density at radius 1 is 1.10 bits per heavy atom. The molecule has 2 aromatic carbocycles. The molecular formula is C14H10BrF4NO. The van der Waals surface area contributed by atoms with Gasteiger partial charge in [0.15, 0.2) is 0 Å². The summed E-state index contributed by atoms with van der Waals surface area (Å²) in [5.41, 5.74) is 4.66. The van der Waals surface area contributed by atoms with Crippen LogP contribution >= 0.6 is 15.9 Å². The van der Waals surface area contributed by atoms with E-state index in [1.807, 2.05) is 0 Å². The standard InChI is InChI=1S/C14H10BrF4NO/c15-8-2-4-12(20)9(6-8)13(21)7-1-3-11(16)10(5-7)14(17,18)19/h1-6,13,21H,20H2. The van der Waals surface area contributed by atoms with E-state index in [1.54, 1.807) is 6.07 Å². The maximum Gasteiger partial charge on any atom is 0.419 e. The van der Waals surface area contributed by atoms with E-state index in [1.165, 1.54) is 12.1 Å². The first-order valence-corrected chi connectivity index (χ1v) is 6.59. The fraction of sp³-hybridized carbons (Fsp3) is 0.143. The SMILES string of the molecule is Nc1ccc(Br)cc1C(O)c1ccc(F)c(C(F)(F)F)c1. The molecule has 0 bridgehead atoms. The normalized spacial score (nSPS) is 13.2. The van der Waals surface area contributed by atoms with Crippen molar-refractivity contribution in [1.29, 1.82) is 0 Å². The number of benzene rings is 2. The highest BCUT2D eigenvalue weighted by atomic mass is 79.9. The van der Waals surface area contributed by atoms with Crippen molar-refractivity contribution in [1.82, 2.24) is 0 Å². The van der Waals surface area contributed by atoms with Gasteiger partial charge in [-0.15, -0.1) is 0 Å². The molecule has 3 N–H and O–H groups in total. The minimum Gasteiger partial charge on any atom is -0.398 e. The molecule has 7 heteroatoms. The van der Waals surface area contributed by atoms with Crippen LogP contribution in [-0.2, 0) is 6.18 Å². The first-order chi connectivity index (χ1) is 9.70. The van der Waals surface area contributed by atoms with E-state index in [2.05, 4.69) is 15.9 Å². The summed E-state index contributed by atoms with van der Waals surface area (Å²) < 4.78 is 51.9. The van der Waals surface area contributed by atoms with Crippen LogP contribution in [0.25, 0.3) is 0 Å². The van der Waals surface area contributed by atoms with Crippen molar-refractivity contribution < 1.29 is 22.7 Å². The van der Waals surface area contributed by atoms with Crippen molar-refractivity contribution >= 4 is 21.6 Å². The van der Waals surface area contributed by atoms with Gasteiger partial charge in [0.25, 0.3) is 0 Å². The van der Waals surface area contributed by atoms with Crippen molar-refractivity contribution in [2.75, 3.05) is 5.73 Å². The summed E-state index contributed by atoms with van der Waals surface area (Å²) in [6.45, 7) is 0. The lowest BCUT2D eigenvalue weighted by Gasteiger charge is -2.16. The molecule has 0 amide bonds. The van der Waals surface area contributed by atoms with Crippen LogP contribution in [-0.4, -0.2) is 5.11 Å². The Labute approximate surface area is 126 Å². The van der Waals surface area contributed by atoms with E-state index in [9.17, 15) is 22.7 Å². The Bertz CT molecular complexity index is 673. The van der Waals surface area contributed by atoms with Crippen LogP contribution < -0.4 is 5.73 Å². The lowest BCUT2D eigenvalue weighted by atomic mass is 9.98. The molecule has 0 spiro atoms. The molecule has 2 nitrogen and oxygen atoms in total. The van der Waals surface area contributed by atoms with Crippen molar-refractivity contribution in [3.63, 3.8) is 0 Å². The molecule has 0 aliphatic heterocycles. The Balaban J connectivity index is 2.49. The number of nitrogens with two attached hydrogens (primary N) is 1. The summed E-state index contributed by atoms with van der Waals surface area (Å²) in [6.07, 6.45) is -6.22. The van der Waals surface area contributed by atoms with Gasteiger partial charge < -0.3 is 10.8 Å². The Kier molecular flexibility index (Phi) is 4.25. The summed E-state index contributed by atoms with van der Waals surface area (Å²) in [6, 6.07) is 7.00. The number of anilines is 1. The van der Waals surface area contributed by atoms with E-state index in [-0.39, 0.29) is 16.8 Å². The van der Waals surface area contributed by atoms with Gasteiger partial charge in [-0.3, -0.25) is 0 Å². The predicted octanol–water partition coefficient (Wildman–Crippen LogP) is 4.27. The molecule has 0 radical (unpaired) electrons. The average molecular weight is 364 g/mol. The summed E-state index contributed by atoms with van der Waals surface area (Å²) in [5.74, 6) is -1.39. The molecule has 2 rings (SSSR count). The molecule has 2 aromatic rings. The number of aliphatic hydroxyl groups excluding tert-OH is 1. The van der Waals surface area contributed by atoms with Crippen molar-refractivity contribution in [3.8, 4) is 0 Å². The Morgan fingerprint density at radius 3 is 2.38 bits per heavy atom. The van der Waals surface area contributed by atoms with Gasteiger partial charge in [-0.05, 0) is 35.9 Å². The van der Waals surface area contributed by atoms with E-state index in [4.69, 9.17) is 5.73 Å². The van der Waals surface area contributed by atoms with Gasteiger partial charge in [-0.25, -0.2) is 4.39 Å². The molecule has 21 heavy (non-hydrogen) atoms. The van der Waals surface area contributed by atoms with Crippen LogP contribution in [0.1, 0.15) is 22.8 Å². The highest BCUT2D eigenvalue weighted by Gasteiger charge is 2.34. The third-order valence-corrected chi connectivity index (χ3v) is 3.45. The number of hydrogen-bond acceptors (Lipinski definition) is 2. The van der Waals surface area contributed by atoms with Crippen LogP contribution in [0.5, 0.6) is 0 Å². The second-order valence-corrected chi connectivity index (χ2v) is 5.33. The highest BCUT2D eigenvalue weighted by Crippen LogP contribution is 2.35. The largest absolute Gasteiger partial charge is 0.419 e.